The number of rotatable bonds is 7. The SMILES string of the molecule is C=CC(C)(CCC=C(C)C)OC(=O)Nc1ccccc1[N+](=O)[O-]. The van der Waals surface area contributed by atoms with Crippen LogP contribution in [0.2, 0.25) is 0 Å². The number of allylic oxidation sites excluding steroid dienone is 2. The van der Waals surface area contributed by atoms with Crippen molar-refractivity contribution in [3.05, 3.63) is 58.7 Å². The van der Waals surface area contributed by atoms with Gasteiger partial charge in [0, 0.05) is 6.07 Å². The molecule has 1 atom stereocenters. The predicted octanol–water partition coefficient (Wildman–Crippen LogP) is 4.83. The number of ether oxygens (including phenoxy) is 1. The first-order valence-corrected chi connectivity index (χ1v) is 7.28. The first kappa shape index (κ1) is 18.4. The zero-order valence-electron chi connectivity index (χ0n) is 13.7. The van der Waals surface area contributed by atoms with E-state index in [4.69, 9.17) is 4.74 Å². The lowest BCUT2D eigenvalue weighted by Gasteiger charge is -2.25. The first-order valence-electron chi connectivity index (χ1n) is 7.28. The summed E-state index contributed by atoms with van der Waals surface area (Å²) in [6.07, 6.45) is 4.17. The number of nitrogens with one attached hydrogen (secondary N) is 1. The smallest absolute Gasteiger partial charge is 0.412 e. The number of nitrogens with zero attached hydrogens (tertiary/aromatic N) is 1. The summed E-state index contributed by atoms with van der Waals surface area (Å²) in [5.41, 5.74) is 0.243. The molecule has 0 saturated carbocycles. The molecule has 6 heteroatoms. The van der Waals surface area contributed by atoms with Crippen molar-refractivity contribution in [2.24, 2.45) is 0 Å². The van der Waals surface area contributed by atoms with Crippen LogP contribution in [-0.4, -0.2) is 16.6 Å². The molecule has 1 N–H and O–H groups in total. The standard InChI is InChI=1S/C17H22N2O4/c1-5-17(4,12-8-9-13(2)3)23-16(20)18-14-10-6-7-11-15(14)19(21)22/h5-7,9-11H,1,8,12H2,2-4H3,(H,18,20). The highest BCUT2D eigenvalue weighted by Crippen LogP contribution is 2.25. The monoisotopic (exact) mass is 318 g/mol. The maximum absolute atomic E-state index is 12.0. The van der Waals surface area contributed by atoms with Crippen molar-refractivity contribution in [1.82, 2.24) is 0 Å². The maximum atomic E-state index is 12.0. The second-order valence-electron chi connectivity index (χ2n) is 5.63. The van der Waals surface area contributed by atoms with Gasteiger partial charge >= 0.3 is 6.09 Å². The Labute approximate surface area is 136 Å². The van der Waals surface area contributed by atoms with Crippen molar-refractivity contribution < 1.29 is 14.5 Å². The second kappa shape index (κ2) is 8.12. The first-order chi connectivity index (χ1) is 10.8. The van der Waals surface area contributed by atoms with Crippen LogP contribution in [-0.2, 0) is 4.74 Å². The predicted molar refractivity (Wildman–Crippen MR) is 90.5 cm³/mol. The van der Waals surface area contributed by atoms with Crippen LogP contribution in [0.5, 0.6) is 0 Å². The summed E-state index contributed by atoms with van der Waals surface area (Å²) in [6.45, 7) is 9.44. The minimum Gasteiger partial charge on any atom is -0.439 e. The molecule has 1 aromatic carbocycles. The van der Waals surface area contributed by atoms with E-state index in [9.17, 15) is 14.9 Å². The molecule has 1 amide bonds. The van der Waals surface area contributed by atoms with Crippen LogP contribution in [0.1, 0.15) is 33.6 Å². The number of benzene rings is 1. The molecule has 0 spiro atoms. The summed E-state index contributed by atoms with van der Waals surface area (Å²) in [7, 11) is 0. The van der Waals surface area contributed by atoms with Crippen molar-refractivity contribution in [2.75, 3.05) is 5.32 Å². The van der Waals surface area contributed by atoms with Crippen LogP contribution in [0.3, 0.4) is 0 Å². The van der Waals surface area contributed by atoms with E-state index in [0.717, 1.165) is 6.42 Å². The van der Waals surface area contributed by atoms with E-state index >= 15 is 0 Å². The number of hydrogen-bond acceptors (Lipinski definition) is 4. The van der Waals surface area contributed by atoms with Crippen LogP contribution in [0.4, 0.5) is 16.2 Å². The zero-order chi connectivity index (χ0) is 17.5. The minimum absolute atomic E-state index is 0.0956. The lowest BCUT2D eigenvalue weighted by Crippen LogP contribution is -2.31. The van der Waals surface area contributed by atoms with Gasteiger partial charge < -0.3 is 4.74 Å². The Balaban J connectivity index is 2.76. The van der Waals surface area contributed by atoms with E-state index in [0.29, 0.717) is 6.42 Å². The summed E-state index contributed by atoms with van der Waals surface area (Å²) >= 11 is 0. The molecule has 1 aromatic rings. The molecule has 1 rings (SSSR count). The van der Waals surface area contributed by atoms with E-state index in [1.165, 1.54) is 23.8 Å². The highest BCUT2D eigenvalue weighted by molar-refractivity contribution is 5.88. The van der Waals surface area contributed by atoms with Crippen molar-refractivity contribution in [1.29, 1.82) is 0 Å². The van der Waals surface area contributed by atoms with Gasteiger partial charge in [0.2, 0.25) is 0 Å². The highest BCUT2D eigenvalue weighted by Gasteiger charge is 2.25. The molecule has 0 heterocycles. The van der Waals surface area contributed by atoms with Crippen LogP contribution in [0, 0.1) is 10.1 Å². The van der Waals surface area contributed by atoms with Gasteiger partial charge in [-0.3, -0.25) is 15.4 Å². The molecule has 0 radical (unpaired) electrons. The number of nitro benzene ring substituents is 1. The van der Waals surface area contributed by atoms with Gasteiger partial charge in [-0.05, 0) is 45.8 Å². The Morgan fingerprint density at radius 2 is 2.09 bits per heavy atom. The molecule has 0 aliphatic carbocycles. The molecule has 124 valence electrons. The van der Waals surface area contributed by atoms with Gasteiger partial charge in [-0.25, -0.2) is 4.79 Å². The van der Waals surface area contributed by atoms with Gasteiger partial charge in [0.1, 0.15) is 11.3 Å². The third-order valence-electron chi connectivity index (χ3n) is 3.29. The Kier molecular flexibility index (Phi) is 6.50. The number of para-hydroxylation sites is 2. The Morgan fingerprint density at radius 3 is 2.65 bits per heavy atom. The van der Waals surface area contributed by atoms with Crippen LogP contribution in [0.15, 0.2) is 48.6 Å². The average molecular weight is 318 g/mol. The van der Waals surface area contributed by atoms with Crippen LogP contribution >= 0.6 is 0 Å². The normalized spacial score (nSPS) is 12.7. The number of carbonyl (C=O) groups is 1. The molecule has 1 unspecified atom stereocenters. The van der Waals surface area contributed by atoms with E-state index < -0.39 is 16.6 Å². The number of nitro groups is 1. The summed E-state index contributed by atoms with van der Waals surface area (Å²) in [5, 5.41) is 13.4. The van der Waals surface area contributed by atoms with E-state index in [1.807, 2.05) is 19.9 Å². The molecule has 6 nitrogen and oxygen atoms in total. The Hall–Kier alpha value is -2.63. The van der Waals surface area contributed by atoms with Gasteiger partial charge in [-0.2, -0.15) is 0 Å². The maximum Gasteiger partial charge on any atom is 0.412 e. The van der Waals surface area contributed by atoms with Crippen molar-refractivity contribution in [3.8, 4) is 0 Å². The molecular weight excluding hydrogens is 296 g/mol. The summed E-state index contributed by atoms with van der Waals surface area (Å²) in [5.74, 6) is 0. The Morgan fingerprint density at radius 1 is 1.43 bits per heavy atom. The molecule has 23 heavy (non-hydrogen) atoms. The number of hydrogen-bond donors (Lipinski definition) is 1. The molecule has 0 aliphatic heterocycles. The number of anilines is 1. The lowest BCUT2D eigenvalue weighted by atomic mass is 9.99. The summed E-state index contributed by atoms with van der Waals surface area (Å²) in [6, 6.07) is 5.90. The van der Waals surface area contributed by atoms with Crippen LogP contribution < -0.4 is 5.32 Å². The molecule has 0 aromatic heterocycles. The fourth-order valence-corrected chi connectivity index (χ4v) is 1.93. The number of amides is 1. The fraction of sp³-hybridized carbons (Fsp3) is 0.353. The van der Waals surface area contributed by atoms with Crippen molar-refractivity contribution in [3.63, 3.8) is 0 Å². The third-order valence-corrected chi connectivity index (χ3v) is 3.29. The summed E-state index contributed by atoms with van der Waals surface area (Å²) < 4.78 is 5.39. The van der Waals surface area contributed by atoms with Gasteiger partial charge in [0.15, 0.2) is 0 Å². The van der Waals surface area contributed by atoms with Crippen molar-refractivity contribution >= 4 is 17.5 Å². The molecule has 0 bridgehead atoms. The van der Waals surface area contributed by atoms with Gasteiger partial charge in [0.25, 0.3) is 5.69 Å². The molecule has 0 saturated heterocycles. The topological polar surface area (TPSA) is 81.5 Å². The van der Waals surface area contributed by atoms with E-state index in [-0.39, 0.29) is 11.4 Å². The van der Waals surface area contributed by atoms with Gasteiger partial charge in [0.05, 0.1) is 4.92 Å². The highest BCUT2D eigenvalue weighted by atomic mass is 16.6. The van der Waals surface area contributed by atoms with Gasteiger partial charge in [-0.15, -0.1) is 0 Å². The van der Waals surface area contributed by atoms with Crippen molar-refractivity contribution in [2.45, 2.75) is 39.2 Å². The zero-order valence-corrected chi connectivity index (χ0v) is 13.7. The average Bonchev–Trinajstić information content (AvgIpc) is 2.46. The lowest BCUT2D eigenvalue weighted by molar-refractivity contribution is -0.383. The molecular formula is C17H22N2O4. The largest absolute Gasteiger partial charge is 0.439 e. The quantitative estimate of drug-likeness (QED) is 0.443. The minimum atomic E-state index is -0.848. The van der Waals surface area contributed by atoms with Crippen LogP contribution in [0.25, 0.3) is 0 Å². The fourth-order valence-electron chi connectivity index (χ4n) is 1.93. The summed E-state index contributed by atoms with van der Waals surface area (Å²) in [4.78, 5) is 22.4. The van der Waals surface area contributed by atoms with E-state index in [2.05, 4.69) is 11.9 Å². The number of carbonyl (C=O) groups excluding carboxylic acids is 1. The molecule has 0 aliphatic rings. The van der Waals surface area contributed by atoms with Gasteiger partial charge in [-0.1, -0.05) is 30.4 Å². The Bertz CT molecular complexity index is 621. The third kappa shape index (κ3) is 5.94. The molecule has 0 fully saturated rings. The van der Waals surface area contributed by atoms with E-state index in [1.54, 1.807) is 19.1 Å². The second-order valence-corrected chi connectivity index (χ2v) is 5.63.